The van der Waals surface area contributed by atoms with Crippen molar-refractivity contribution < 1.29 is 12.9 Å². The lowest BCUT2D eigenvalue weighted by atomic mass is 10.1. The maximum atomic E-state index is 11.5. The van der Waals surface area contributed by atoms with Crippen LogP contribution in [-0.4, -0.2) is 42.7 Å². The largest absolute Gasteiger partial charge is 0.339 e. The molecule has 18 heavy (non-hydrogen) atoms. The number of rotatable bonds is 3. The van der Waals surface area contributed by atoms with Gasteiger partial charge in [0.15, 0.2) is 15.7 Å². The predicted octanol–water partition coefficient (Wildman–Crippen LogP) is 0.0502. The van der Waals surface area contributed by atoms with Crippen LogP contribution in [0.4, 0.5) is 0 Å². The highest BCUT2D eigenvalue weighted by Crippen LogP contribution is 2.45. The molecule has 100 valence electrons. The van der Waals surface area contributed by atoms with Crippen molar-refractivity contribution in [3.05, 3.63) is 11.7 Å². The Morgan fingerprint density at radius 3 is 2.94 bits per heavy atom. The second-order valence-corrected chi connectivity index (χ2v) is 7.77. The Bertz CT molecular complexity index is 548. The van der Waals surface area contributed by atoms with Crippen LogP contribution in [0.15, 0.2) is 4.52 Å². The molecule has 0 aromatic carbocycles. The third kappa shape index (κ3) is 2.42. The molecule has 1 N–H and O–H groups in total. The van der Waals surface area contributed by atoms with Crippen LogP contribution in [0.1, 0.15) is 31.5 Å². The van der Waals surface area contributed by atoms with Crippen molar-refractivity contribution >= 4 is 9.84 Å². The van der Waals surface area contributed by atoms with Crippen LogP contribution in [0, 0.1) is 0 Å². The van der Waals surface area contributed by atoms with Crippen LogP contribution < -0.4 is 5.32 Å². The molecule has 1 unspecified atom stereocenters. The van der Waals surface area contributed by atoms with Crippen molar-refractivity contribution in [2.75, 3.05) is 18.1 Å². The van der Waals surface area contributed by atoms with Gasteiger partial charge in [0.05, 0.1) is 11.5 Å². The maximum Gasteiger partial charge on any atom is 0.228 e. The molecule has 6 nitrogen and oxygen atoms in total. The van der Waals surface area contributed by atoms with Crippen molar-refractivity contribution in [2.24, 2.45) is 0 Å². The first kappa shape index (κ1) is 12.1. The monoisotopic (exact) mass is 271 g/mol. The Morgan fingerprint density at radius 1 is 1.50 bits per heavy atom. The van der Waals surface area contributed by atoms with Crippen LogP contribution in [0.3, 0.4) is 0 Å². The maximum absolute atomic E-state index is 11.5. The van der Waals surface area contributed by atoms with Gasteiger partial charge in [0.25, 0.3) is 0 Å². The average Bonchev–Trinajstić information content (AvgIpc) is 2.86. The van der Waals surface area contributed by atoms with Gasteiger partial charge in [-0.3, -0.25) is 0 Å². The Labute approximate surface area is 106 Å². The first-order chi connectivity index (χ1) is 8.47. The lowest BCUT2D eigenvalue weighted by Crippen LogP contribution is -2.46. The fourth-order valence-electron chi connectivity index (χ4n) is 2.20. The molecule has 1 atom stereocenters. The number of aromatic nitrogens is 2. The molecule has 0 radical (unpaired) electrons. The summed E-state index contributed by atoms with van der Waals surface area (Å²) in [5.74, 6) is 1.67. The number of nitrogens with one attached hydrogen (secondary N) is 1. The zero-order valence-electron chi connectivity index (χ0n) is 10.3. The van der Waals surface area contributed by atoms with E-state index in [9.17, 15) is 8.42 Å². The zero-order valence-corrected chi connectivity index (χ0v) is 11.2. The summed E-state index contributed by atoms with van der Waals surface area (Å²) in [5, 5.41) is 7.17. The quantitative estimate of drug-likeness (QED) is 0.836. The van der Waals surface area contributed by atoms with Gasteiger partial charge in [-0.15, -0.1) is 0 Å². The smallest absolute Gasteiger partial charge is 0.228 e. The standard InChI is InChI=1S/C11H17N3O3S/c1-11(2-3-11)10-13-9(17-14-10)6-8-7-18(15,16)5-4-12-8/h8,12H,2-7H2,1H3. The van der Waals surface area contributed by atoms with Gasteiger partial charge in [-0.1, -0.05) is 12.1 Å². The second-order valence-electron chi connectivity index (χ2n) is 5.54. The third-order valence-electron chi connectivity index (χ3n) is 3.73. The second kappa shape index (κ2) is 4.03. The van der Waals surface area contributed by atoms with E-state index in [2.05, 4.69) is 22.4 Å². The molecule has 7 heteroatoms. The number of nitrogens with zero attached hydrogens (tertiary/aromatic N) is 2. The number of hydrogen-bond acceptors (Lipinski definition) is 6. The first-order valence-electron chi connectivity index (χ1n) is 6.24. The topological polar surface area (TPSA) is 85.1 Å². The summed E-state index contributed by atoms with van der Waals surface area (Å²) >= 11 is 0. The highest BCUT2D eigenvalue weighted by Gasteiger charge is 2.43. The molecule has 2 fully saturated rings. The Hall–Kier alpha value is -0.950. The first-order valence-corrected chi connectivity index (χ1v) is 8.06. The van der Waals surface area contributed by atoms with Crippen LogP contribution in [0.2, 0.25) is 0 Å². The van der Waals surface area contributed by atoms with E-state index in [-0.39, 0.29) is 23.0 Å². The molecule has 1 saturated heterocycles. The van der Waals surface area contributed by atoms with Crippen molar-refractivity contribution in [1.29, 1.82) is 0 Å². The van der Waals surface area contributed by atoms with E-state index < -0.39 is 9.84 Å². The lowest BCUT2D eigenvalue weighted by molar-refractivity contribution is 0.354. The molecule has 1 aliphatic heterocycles. The summed E-state index contributed by atoms with van der Waals surface area (Å²) in [4.78, 5) is 4.37. The summed E-state index contributed by atoms with van der Waals surface area (Å²) in [7, 11) is -2.91. The van der Waals surface area contributed by atoms with E-state index in [1.165, 1.54) is 0 Å². The fourth-order valence-corrected chi connectivity index (χ4v) is 3.65. The van der Waals surface area contributed by atoms with Gasteiger partial charge in [0, 0.05) is 24.4 Å². The van der Waals surface area contributed by atoms with E-state index in [1.54, 1.807) is 0 Å². The van der Waals surface area contributed by atoms with E-state index in [0.29, 0.717) is 18.9 Å². The van der Waals surface area contributed by atoms with Gasteiger partial charge in [-0.25, -0.2) is 8.42 Å². The molecular formula is C11H17N3O3S. The minimum absolute atomic E-state index is 0.0911. The molecule has 2 heterocycles. The van der Waals surface area contributed by atoms with Gasteiger partial charge in [0.1, 0.15) is 0 Å². The van der Waals surface area contributed by atoms with E-state index in [1.807, 2.05) is 0 Å². The molecular weight excluding hydrogens is 254 g/mol. The SMILES string of the molecule is CC1(c2noc(CC3CS(=O)(=O)CCN3)n2)CC1. The minimum atomic E-state index is -2.91. The molecule has 0 amide bonds. The summed E-state index contributed by atoms with van der Waals surface area (Å²) in [6.45, 7) is 2.62. The highest BCUT2D eigenvalue weighted by atomic mass is 32.2. The minimum Gasteiger partial charge on any atom is -0.339 e. The Kier molecular flexibility index (Phi) is 2.71. The molecule has 0 spiro atoms. The van der Waals surface area contributed by atoms with Crippen molar-refractivity contribution in [2.45, 2.75) is 37.6 Å². The molecule has 1 aromatic rings. The Morgan fingerprint density at radius 2 is 2.28 bits per heavy atom. The molecule has 0 bridgehead atoms. The van der Waals surface area contributed by atoms with Crippen LogP contribution in [-0.2, 0) is 21.7 Å². The average molecular weight is 271 g/mol. The van der Waals surface area contributed by atoms with Gasteiger partial charge in [-0.05, 0) is 12.8 Å². The van der Waals surface area contributed by atoms with Crippen LogP contribution in [0.5, 0.6) is 0 Å². The number of hydrogen-bond donors (Lipinski definition) is 1. The fraction of sp³-hybridized carbons (Fsp3) is 0.818. The van der Waals surface area contributed by atoms with Gasteiger partial charge in [-0.2, -0.15) is 4.98 Å². The van der Waals surface area contributed by atoms with Gasteiger partial charge in [0.2, 0.25) is 5.89 Å². The zero-order chi connectivity index (χ0) is 12.8. The summed E-state index contributed by atoms with van der Waals surface area (Å²) < 4.78 is 28.2. The van der Waals surface area contributed by atoms with Crippen LogP contribution >= 0.6 is 0 Å². The van der Waals surface area contributed by atoms with Gasteiger partial charge < -0.3 is 9.84 Å². The summed E-state index contributed by atoms with van der Waals surface area (Å²) in [6, 6.07) is -0.107. The number of sulfone groups is 1. The predicted molar refractivity (Wildman–Crippen MR) is 65.0 cm³/mol. The van der Waals surface area contributed by atoms with E-state index in [4.69, 9.17) is 4.52 Å². The van der Waals surface area contributed by atoms with Crippen molar-refractivity contribution in [3.8, 4) is 0 Å². The van der Waals surface area contributed by atoms with Crippen molar-refractivity contribution in [3.63, 3.8) is 0 Å². The van der Waals surface area contributed by atoms with E-state index in [0.717, 1.165) is 18.7 Å². The molecule has 2 aliphatic rings. The third-order valence-corrected chi connectivity index (χ3v) is 5.47. The van der Waals surface area contributed by atoms with Crippen molar-refractivity contribution in [1.82, 2.24) is 15.5 Å². The normalized spacial score (nSPS) is 29.1. The van der Waals surface area contributed by atoms with Gasteiger partial charge >= 0.3 is 0 Å². The van der Waals surface area contributed by atoms with E-state index >= 15 is 0 Å². The molecule has 3 rings (SSSR count). The summed E-state index contributed by atoms with van der Waals surface area (Å²) in [6.07, 6.45) is 2.69. The molecule has 1 aromatic heterocycles. The summed E-state index contributed by atoms with van der Waals surface area (Å²) in [5.41, 5.74) is 0.0911. The Balaban J connectivity index is 1.67. The highest BCUT2D eigenvalue weighted by molar-refractivity contribution is 7.91. The lowest BCUT2D eigenvalue weighted by Gasteiger charge is -2.21. The van der Waals surface area contributed by atoms with Crippen LogP contribution in [0.25, 0.3) is 0 Å². The molecule has 1 saturated carbocycles. The molecule has 1 aliphatic carbocycles.